The Kier molecular flexibility index (Phi) is 6.45. The smallest absolute Gasteiger partial charge is 0.226 e. The van der Waals surface area contributed by atoms with E-state index in [2.05, 4.69) is 5.32 Å². The summed E-state index contributed by atoms with van der Waals surface area (Å²) in [5, 5.41) is 3.13. The van der Waals surface area contributed by atoms with Crippen LogP contribution < -0.4 is 5.32 Å². The first-order chi connectivity index (χ1) is 13.4. The first-order valence-electron chi connectivity index (χ1n) is 9.87. The van der Waals surface area contributed by atoms with E-state index in [1.807, 2.05) is 38.1 Å². The number of carbonyl (C=O) groups excluding carboxylic acids is 1. The molecule has 1 N–H and O–H groups in total. The second kappa shape index (κ2) is 8.82. The van der Waals surface area contributed by atoms with Crippen molar-refractivity contribution in [2.24, 2.45) is 5.41 Å². The van der Waals surface area contributed by atoms with Gasteiger partial charge in [-0.05, 0) is 61.4 Å². The summed E-state index contributed by atoms with van der Waals surface area (Å²) in [5.41, 5.74) is 1.83. The summed E-state index contributed by atoms with van der Waals surface area (Å²) in [6, 6.07) is 11.7. The molecule has 0 radical (unpaired) electrons. The molecule has 3 rings (SSSR count). The zero-order valence-electron chi connectivity index (χ0n) is 16.4. The van der Waals surface area contributed by atoms with Crippen LogP contribution >= 0.6 is 0 Å². The van der Waals surface area contributed by atoms with Gasteiger partial charge < -0.3 is 10.1 Å². The SMILES string of the molecule is CC[C@H](C)NC(=O)C1(Cc2ccccc2-c2ccc(F)c(F)c2)CCOCC1. The van der Waals surface area contributed by atoms with Crippen LogP contribution in [0.25, 0.3) is 11.1 Å². The molecule has 1 saturated heterocycles. The molecule has 28 heavy (non-hydrogen) atoms. The number of rotatable bonds is 6. The fraction of sp³-hybridized carbons (Fsp3) is 0.435. The van der Waals surface area contributed by atoms with Crippen LogP contribution in [-0.4, -0.2) is 25.2 Å². The maximum Gasteiger partial charge on any atom is 0.226 e. The standard InChI is InChI=1S/C23H27F2NO2/c1-3-16(2)26-22(27)23(10-12-28-13-11-23)15-18-6-4-5-7-19(18)17-8-9-20(24)21(25)14-17/h4-9,14,16H,3,10-13,15H2,1-2H3,(H,26,27)/t16-/m0/s1. The van der Waals surface area contributed by atoms with E-state index in [0.29, 0.717) is 38.0 Å². The van der Waals surface area contributed by atoms with Crippen molar-refractivity contribution in [2.75, 3.05) is 13.2 Å². The van der Waals surface area contributed by atoms with Crippen molar-refractivity contribution in [1.29, 1.82) is 0 Å². The highest BCUT2D eigenvalue weighted by molar-refractivity contribution is 5.84. The molecule has 1 amide bonds. The first kappa shape index (κ1) is 20.5. The van der Waals surface area contributed by atoms with Gasteiger partial charge in [0, 0.05) is 19.3 Å². The summed E-state index contributed by atoms with van der Waals surface area (Å²) in [6.45, 7) is 5.13. The number of hydrogen-bond donors (Lipinski definition) is 1. The van der Waals surface area contributed by atoms with Gasteiger partial charge in [0.2, 0.25) is 5.91 Å². The zero-order valence-corrected chi connectivity index (χ0v) is 16.4. The van der Waals surface area contributed by atoms with Crippen LogP contribution in [0.2, 0.25) is 0 Å². The lowest BCUT2D eigenvalue weighted by Gasteiger charge is -2.37. The Balaban J connectivity index is 1.95. The quantitative estimate of drug-likeness (QED) is 0.767. The van der Waals surface area contributed by atoms with E-state index in [0.717, 1.165) is 23.6 Å². The number of ether oxygens (including phenoxy) is 1. The maximum atomic E-state index is 13.8. The van der Waals surface area contributed by atoms with Crippen molar-refractivity contribution in [3.63, 3.8) is 0 Å². The molecular weight excluding hydrogens is 360 g/mol. The number of carbonyl (C=O) groups is 1. The van der Waals surface area contributed by atoms with E-state index in [9.17, 15) is 13.6 Å². The summed E-state index contributed by atoms with van der Waals surface area (Å²) >= 11 is 0. The second-order valence-corrected chi connectivity index (χ2v) is 7.64. The Labute approximate surface area is 165 Å². The molecule has 5 heteroatoms. The fourth-order valence-corrected chi connectivity index (χ4v) is 3.71. The summed E-state index contributed by atoms with van der Waals surface area (Å²) in [7, 11) is 0. The lowest BCUT2D eigenvalue weighted by atomic mass is 9.73. The molecule has 150 valence electrons. The molecule has 1 fully saturated rings. The van der Waals surface area contributed by atoms with Gasteiger partial charge in [-0.25, -0.2) is 8.78 Å². The molecule has 1 atom stereocenters. The van der Waals surface area contributed by atoms with Crippen molar-refractivity contribution in [2.45, 2.75) is 45.6 Å². The van der Waals surface area contributed by atoms with Crippen molar-refractivity contribution in [3.05, 3.63) is 59.7 Å². The van der Waals surface area contributed by atoms with Crippen molar-refractivity contribution in [3.8, 4) is 11.1 Å². The number of hydrogen-bond acceptors (Lipinski definition) is 2. The van der Waals surface area contributed by atoms with E-state index in [1.165, 1.54) is 6.07 Å². The Morgan fingerprint density at radius 2 is 1.86 bits per heavy atom. The topological polar surface area (TPSA) is 38.3 Å². The van der Waals surface area contributed by atoms with Crippen molar-refractivity contribution >= 4 is 5.91 Å². The molecule has 1 aliphatic heterocycles. The molecule has 3 nitrogen and oxygen atoms in total. The van der Waals surface area contributed by atoms with Gasteiger partial charge in [-0.3, -0.25) is 4.79 Å². The highest BCUT2D eigenvalue weighted by Crippen LogP contribution is 2.38. The summed E-state index contributed by atoms with van der Waals surface area (Å²) in [4.78, 5) is 13.2. The summed E-state index contributed by atoms with van der Waals surface area (Å²) in [5.74, 6) is -1.69. The van der Waals surface area contributed by atoms with Crippen LogP contribution in [0.4, 0.5) is 8.78 Å². The number of amides is 1. The van der Waals surface area contributed by atoms with Crippen molar-refractivity contribution < 1.29 is 18.3 Å². The van der Waals surface area contributed by atoms with Gasteiger partial charge in [-0.1, -0.05) is 37.3 Å². The van der Waals surface area contributed by atoms with Gasteiger partial charge in [-0.15, -0.1) is 0 Å². The average molecular weight is 387 g/mol. The maximum absolute atomic E-state index is 13.8. The number of nitrogens with one attached hydrogen (secondary N) is 1. The highest BCUT2D eigenvalue weighted by Gasteiger charge is 2.40. The van der Waals surface area contributed by atoms with E-state index in [1.54, 1.807) is 6.07 Å². The molecule has 1 heterocycles. The van der Waals surface area contributed by atoms with Crippen LogP contribution in [0.15, 0.2) is 42.5 Å². The van der Waals surface area contributed by atoms with E-state index >= 15 is 0 Å². The minimum absolute atomic E-state index is 0.0465. The Morgan fingerprint density at radius 1 is 1.14 bits per heavy atom. The van der Waals surface area contributed by atoms with Gasteiger partial charge in [0.25, 0.3) is 0 Å². The average Bonchev–Trinajstić information content (AvgIpc) is 2.71. The molecule has 0 bridgehead atoms. The van der Waals surface area contributed by atoms with Gasteiger partial charge in [0.1, 0.15) is 0 Å². The molecule has 0 aliphatic carbocycles. The normalized spacial score (nSPS) is 17.1. The predicted octanol–water partition coefficient (Wildman–Crippen LogP) is 4.89. The molecule has 2 aromatic rings. The lowest BCUT2D eigenvalue weighted by molar-refractivity contribution is -0.137. The van der Waals surface area contributed by atoms with Gasteiger partial charge >= 0.3 is 0 Å². The number of halogens is 2. The van der Waals surface area contributed by atoms with Crippen LogP contribution in [0.3, 0.4) is 0 Å². The minimum Gasteiger partial charge on any atom is -0.381 e. The molecule has 0 unspecified atom stereocenters. The molecule has 0 aromatic heterocycles. The third kappa shape index (κ3) is 4.41. The van der Waals surface area contributed by atoms with E-state index < -0.39 is 17.0 Å². The van der Waals surface area contributed by atoms with Gasteiger partial charge in [0.15, 0.2) is 11.6 Å². The Bertz CT molecular complexity index is 831. The van der Waals surface area contributed by atoms with Gasteiger partial charge in [-0.2, -0.15) is 0 Å². The van der Waals surface area contributed by atoms with Crippen LogP contribution in [0.1, 0.15) is 38.7 Å². The minimum atomic E-state index is -0.873. The van der Waals surface area contributed by atoms with Crippen LogP contribution in [-0.2, 0) is 16.0 Å². The molecule has 0 spiro atoms. The molecule has 2 aromatic carbocycles. The predicted molar refractivity (Wildman–Crippen MR) is 106 cm³/mol. The molecular formula is C23H27F2NO2. The summed E-state index contributed by atoms with van der Waals surface area (Å²) < 4.78 is 32.7. The third-order valence-corrected chi connectivity index (χ3v) is 5.70. The van der Waals surface area contributed by atoms with Crippen LogP contribution in [0, 0.1) is 17.0 Å². The number of benzene rings is 2. The van der Waals surface area contributed by atoms with Gasteiger partial charge in [0.05, 0.1) is 5.41 Å². The summed E-state index contributed by atoms with van der Waals surface area (Å²) in [6.07, 6.45) is 2.68. The Morgan fingerprint density at radius 3 is 2.54 bits per heavy atom. The zero-order chi connectivity index (χ0) is 20.1. The fourth-order valence-electron chi connectivity index (χ4n) is 3.71. The monoisotopic (exact) mass is 387 g/mol. The third-order valence-electron chi connectivity index (χ3n) is 5.70. The molecule has 1 aliphatic rings. The Hall–Kier alpha value is -2.27. The van der Waals surface area contributed by atoms with E-state index in [4.69, 9.17) is 4.74 Å². The first-order valence-corrected chi connectivity index (χ1v) is 9.87. The van der Waals surface area contributed by atoms with E-state index in [-0.39, 0.29) is 11.9 Å². The second-order valence-electron chi connectivity index (χ2n) is 7.64. The van der Waals surface area contributed by atoms with Crippen LogP contribution in [0.5, 0.6) is 0 Å². The van der Waals surface area contributed by atoms with Crippen molar-refractivity contribution in [1.82, 2.24) is 5.32 Å². The largest absolute Gasteiger partial charge is 0.381 e. The highest BCUT2D eigenvalue weighted by atomic mass is 19.2. The lowest BCUT2D eigenvalue weighted by Crippen LogP contribution is -2.48. The molecule has 0 saturated carbocycles.